The third-order valence-electron chi connectivity index (χ3n) is 2.48. The van der Waals surface area contributed by atoms with Crippen LogP contribution in [0, 0.1) is 0 Å². The zero-order valence-corrected chi connectivity index (χ0v) is 8.87. The molecule has 0 aliphatic carbocycles. The van der Waals surface area contributed by atoms with Crippen molar-refractivity contribution in [1.82, 2.24) is 14.5 Å². The van der Waals surface area contributed by atoms with Crippen molar-refractivity contribution in [3.05, 3.63) is 48.8 Å². The van der Waals surface area contributed by atoms with Gasteiger partial charge in [-0.1, -0.05) is 19.4 Å². The van der Waals surface area contributed by atoms with Crippen LogP contribution >= 0.6 is 0 Å². The maximum Gasteiger partial charge on any atom is 0.0952 e. The van der Waals surface area contributed by atoms with Crippen LogP contribution in [-0.4, -0.2) is 14.5 Å². The lowest BCUT2D eigenvalue weighted by Crippen LogP contribution is -2.10. The highest BCUT2D eigenvalue weighted by molar-refractivity contribution is 5.10. The monoisotopic (exact) mass is 201 g/mol. The Balaban J connectivity index is 2.28. The summed E-state index contributed by atoms with van der Waals surface area (Å²) in [5.74, 6) is 0. The van der Waals surface area contributed by atoms with E-state index in [1.807, 2.05) is 37.1 Å². The van der Waals surface area contributed by atoms with Gasteiger partial charge in [0.2, 0.25) is 0 Å². The third-order valence-corrected chi connectivity index (χ3v) is 2.48. The molecule has 0 aromatic carbocycles. The summed E-state index contributed by atoms with van der Waals surface area (Å²) in [6, 6.07) is 6.36. The Kier molecular flexibility index (Phi) is 3.12. The van der Waals surface area contributed by atoms with Crippen molar-refractivity contribution >= 4 is 0 Å². The van der Waals surface area contributed by atoms with Crippen molar-refractivity contribution < 1.29 is 0 Å². The zero-order chi connectivity index (χ0) is 10.5. The zero-order valence-electron chi connectivity index (χ0n) is 8.87. The van der Waals surface area contributed by atoms with Crippen LogP contribution in [0.1, 0.15) is 31.5 Å². The summed E-state index contributed by atoms with van der Waals surface area (Å²) in [6.07, 6.45) is 9.73. The minimum Gasteiger partial charge on any atom is -0.328 e. The topological polar surface area (TPSA) is 30.7 Å². The molecule has 2 rings (SSSR count). The fourth-order valence-electron chi connectivity index (χ4n) is 1.75. The van der Waals surface area contributed by atoms with E-state index < -0.39 is 0 Å². The number of nitrogens with zero attached hydrogens (tertiary/aromatic N) is 3. The summed E-state index contributed by atoms with van der Waals surface area (Å²) in [4.78, 5) is 8.49. The van der Waals surface area contributed by atoms with E-state index in [4.69, 9.17) is 0 Å². The molecule has 0 fully saturated rings. The van der Waals surface area contributed by atoms with Crippen LogP contribution in [0.25, 0.3) is 0 Å². The maximum absolute atomic E-state index is 4.41. The van der Waals surface area contributed by atoms with E-state index in [0.717, 1.165) is 18.5 Å². The van der Waals surface area contributed by atoms with Gasteiger partial charge in [0.15, 0.2) is 0 Å². The molecule has 0 saturated carbocycles. The van der Waals surface area contributed by atoms with Gasteiger partial charge in [-0.15, -0.1) is 0 Å². The van der Waals surface area contributed by atoms with E-state index in [0.29, 0.717) is 6.04 Å². The molecular weight excluding hydrogens is 186 g/mol. The first kappa shape index (κ1) is 9.90. The Hall–Kier alpha value is -1.64. The predicted octanol–water partition coefficient (Wildman–Crippen LogP) is 2.67. The lowest BCUT2D eigenvalue weighted by atomic mass is 10.1. The molecule has 0 saturated heterocycles. The summed E-state index contributed by atoms with van der Waals surface area (Å²) in [5.41, 5.74) is 1.11. The lowest BCUT2D eigenvalue weighted by Gasteiger charge is -2.16. The van der Waals surface area contributed by atoms with Crippen molar-refractivity contribution in [1.29, 1.82) is 0 Å². The molecule has 0 N–H and O–H groups in total. The maximum atomic E-state index is 4.41. The molecule has 15 heavy (non-hydrogen) atoms. The molecule has 3 heteroatoms. The molecule has 78 valence electrons. The van der Waals surface area contributed by atoms with Crippen LogP contribution in [0.3, 0.4) is 0 Å². The summed E-state index contributed by atoms with van der Waals surface area (Å²) in [5, 5.41) is 0. The fourth-order valence-corrected chi connectivity index (χ4v) is 1.75. The number of hydrogen-bond donors (Lipinski definition) is 0. The second-order valence-corrected chi connectivity index (χ2v) is 3.57. The van der Waals surface area contributed by atoms with Gasteiger partial charge in [-0.2, -0.15) is 0 Å². The standard InChI is InChI=1S/C12H15N3/c1-2-5-12(15-9-8-13-10-15)11-6-3-4-7-14-11/h3-4,6-10,12H,2,5H2,1H3. The van der Waals surface area contributed by atoms with Crippen LogP contribution in [0.5, 0.6) is 0 Å². The smallest absolute Gasteiger partial charge is 0.0952 e. The average Bonchev–Trinajstić information content (AvgIpc) is 2.80. The molecule has 3 nitrogen and oxygen atoms in total. The lowest BCUT2D eigenvalue weighted by molar-refractivity contribution is 0.520. The largest absolute Gasteiger partial charge is 0.328 e. The van der Waals surface area contributed by atoms with E-state index >= 15 is 0 Å². The highest BCUT2D eigenvalue weighted by atomic mass is 15.1. The molecule has 1 atom stereocenters. The fraction of sp³-hybridized carbons (Fsp3) is 0.333. The first-order valence-electron chi connectivity index (χ1n) is 5.30. The first-order valence-corrected chi connectivity index (χ1v) is 5.30. The molecule has 0 radical (unpaired) electrons. The number of rotatable bonds is 4. The molecule has 0 bridgehead atoms. The van der Waals surface area contributed by atoms with E-state index in [2.05, 4.69) is 27.5 Å². The van der Waals surface area contributed by atoms with Crippen LogP contribution in [0.2, 0.25) is 0 Å². The van der Waals surface area contributed by atoms with Crippen LogP contribution in [0.4, 0.5) is 0 Å². The molecule has 0 aliphatic heterocycles. The van der Waals surface area contributed by atoms with Crippen molar-refractivity contribution in [3.8, 4) is 0 Å². The molecule has 0 spiro atoms. The minimum absolute atomic E-state index is 0.318. The molecule has 1 unspecified atom stereocenters. The third kappa shape index (κ3) is 2.24. The molecule has 2 aromatic rings. The van der Waals surface area contributed by atoms with E-state index in [-0.39, 0.29) is 0 Å². The van der Waals surface area contributed by atoms with Crippen LogP contribution < -0.4 is 0 Å². The summed E-state index contributed by atoms with van der Waals surface area (Å²) in [6.45, 7) is 2.19. The second kappa shape index (κ2) is 4.73. The molecule has 0 amide bonds. The van der Waals surface area contributed by atoms with E-state index in [1.165, 1.54) is 0 Å². The number of aromatic nitrogens is 3. The Morgan fingerprint density at radius 3 is 2.87 bits per heavy atom. The van der Waals surface area contributed by atoms with Crippen molar-refractivity contribution in [2.45, 2.75) is 25.8 Å². The summed E-state index contributed by atoms with van der Waals surface area (Å²) < 4.78 is 2.12. The van der Waals surface area contributed by atoms with Gasteiger partial charge in [0.05, 0.1) is 18.1 Å². The first-order chi connectivity index (χ1) is 7.42. The van der Waals surface area contributed by atoms with Gasteiger partial charge in [0, 0.05) is 18.6 Å². The van der Waals surface area contributed by atoms with Gasteiger partial charge in [-0.3, -0.25) is 4.98 Å². The normalized spacial score (nSPS) is 12.6. The predicted molar refractivity (Wildman–Crippen MR) is 59.5 cm³/mol. The molecule has 0 aliphatic rings. The summed E-state index contributed by atoms with van der Waals surface area (Å²) >= 11 is 0. The highest BCUT2D eigenvalue weighted by Gasteiger charge is 2.12. The Labute approximate surface area is 89.8 Å². The second-order valence-electron chi connectivity index (χ2n) is 3.57. The number of pyridine rings is 1. The molecule has 2 heterocycles. The minimum atomic E-state index is 0.318. The SMILES string of the molecule is CCCC(c1ccccn1)n1ccnc1. The Morgan fingerprint density at radius 1 is 1.33 bits per heavy atom. The van der Waals surface area contributed by atoms with Gasteiger partial charge < -0.3 is 4.57 Å². The van der Waals surface area contributed by atoms with Gasteiger partial charge in [-0.25, -0.2) is 4.98 Å². The van der Waals surface area contributed by atoms with Crippen molar-refractivity contribution in [2.24, 2.45) is 0 Å². The van der Waals surface area contributed by atoms with Gasteiger partial charge in [0.1, 0.15) is 0 Å². The van der Waals surface area contributed by atoms with Gasteiger partial charge >= 0.3 is 0 Å². The van der Waals surface area contributed by atoms with E-state index in [1.54, 1.807) is 0 Å². The van der Waals surface area contributed by atoms with Crippen LogP contribution in [0.15, 0.2) is 43.1 Å². The van der Waals surface area contributed by atoms with Gasteiger partial charge in [-0.05, 0) is 18.6 Å². The number of imidazole rings is 1. The average molecular weight is 201 g/mol. The summed E-state index contributed by atoms with van der Waals surface area (Å²) in [7, 11) is 0. The Bertz CT molecular complexity index is 381. The quantitative estimate of drug-likeness (QED) is 0.761. The number of hydrogen-bond acceptors (Lipinski definition) is 2. The van der Waals surface area contributed by atoms with Crippen molar-refractivity contribution in [3.63, 3.8) is 0 Å². The highest BCUT2D eigenvalue weighted by Crippen LogP contribution is 2.20. The molecule has 2 aromatic heterocycles. The van der Waals surface area contributed by atoms with Gasteiger partial charge in [0.25, 0.3) is 0 Å². The van der Waals surface area contributed by atoms with Crippen LogP contribution in [-0.2, 0) is 0 Å². The van der Waals surface area contributed by atoms with Crippen molar-refractivity contribution in [2.75, 3.05) is 0 Å². The Morgan fingerprint density at radius 2 is 2.27 bits per heavy atom. The molecular formula is C12H15N3. The van der Waals surface area contributed by atoms with E-state index in [9.17, 15) is 0 Å².